The number of hydrogen-bond donors (Lipinski definition) is 2. The third-order valence-corrected chi connectivity index (χ3v) is 5.57. The van der Waals surface area contributed by atoms with E-state index in [2.05, 4.69) is 25.1 Å². The molecule has 4 rings (SSSR count). The molecule has 0 aliphatic carbocycles. The molecule has 0 saturated heterocycles. The SMILES string of the molecule is CS(=O)(=O)Nc1nc2ccc(C(=O)Nc3ccc(Cn4cncn4)cc3)cc2s1. The van der Waals surface area contributed by atoms with Gasteiger partial charge in [0.15, 0.2) is 5.13 Å². The summed E-state index contributed by atoms with van der Waals surface area (Å²) in [4.78, 5) is 20.7. The third-order valence-electron chi connectivity index (χ3n) is 3.95. The number of hydrogen-bond acceptors (Lipinski definition) is 7. The summed E-state index contributed by atoms with van der Waals surface area (Å²) in [6.45, 7) is 0.597. The molecule has 29 heavy (non-hydrogen) atoms. The standard InChI is InChI=1S/C18H16N6O3S2/c1-29(26,27)23-18-22-15-7-4-13(8-16(15)28-18)17(25)21-14-5-2-12(3-6-14)9-24-11-19-10-20-24/h2-8,10-11H,9H2,1H3,(H,21,25)(H,22,23). The van der Waals surface area contributed by atoms with E-state index in [1.807, 2.05) is 24.3 Å². The second kappa shape index (κ2) is 7.60. The number of benzene rings is 2. The number of sulfonamides is 1. The highest BCUT2D eigenvalue weighted by Gasteiger charge is 2.12. The quantitative estimate of drug-likeness (QED) is 0.487. The largest absolute Gasteiger partial charge is 0.322 e. The Balaban J connectivity index is 1.47. The molecule has 2 aromatic heterocycles. The molecule has 2 N–H and O–H groups in total. The summed E-state index contributed by atoms with van der Waals surface area (Å²) in [6.07, 6.45) is 4.19. The lowest BCUT2D eigenvalue weighted by Gasteiger charge is -2.07. The molecule has 4 aromatic rings. The zero-order valence-electron chi connectivity index (χ0n) is 15.2. The average Bonchev–Trinajstić information content (AvgIpc) is 3.30. The zero-order chi connectivity index (χ0) is 20.4. The summed E-state index contributed by atoms with van der Waals surface area (Å²) >= 11 is 1.17. The first-order chi connectivity index (χ1) is 13.9. The van der Waals surface area contributed by atoms with E-state index in [0.29, 0.717) is 28.0 Å². The smallest absolute Gasteiger partial charge is 0.255 e. The van der Waals surface area contributed by atoms with Crippen LogP contribution in [0.3, 0.4) is 0 Å². The van der Waals surface area contributed by atoms with E-state index in [0.717, 1.165) is 11.8 Å². The van der Waals surface area contributed by atoms with Gasteiger partial charge in [-0.2, -0.15) is 5.10 Å². The summed E-state index contributed by atoms with van der Waals surface area (Å²) in [7, 11) is -3.40. The number of carbonyl (C=O) groups is 1. The summed E-state index contributed by atoms with van der Waals surface area (Å²) in [5.74, 6) is -0.262. The first-order valence-electron chi connectivity index (χ1n) is 8.47. The van der Waals surface area contributed by atoms with Gasteiger partial charge in [-0.1, -0.05) is 23.5 Å². The van der Waals surface area contributed by atoms with Crippen LogP contribution in [0.2, 0.25) is 0 Å². The number of fused-ring (bicyclic) bond motifs is 1. The molecule has 0 atom stereocenters. The highest BCUT2D eigenvalue weighted by molar-refractivity contribution is 7.92. The van der Waals surface area contributed by atoms with Gasteiger partial charge in [-0.05, 0) is 35.9 Å². The van der Waals surface area contributed by atoms with Gasteiger partial charge in [-0.15, -0.1) is 0 Å². The minimum Gasteiger partial charge on any atom is -0.322 e. The van der Waals surface area contributed by atoms with E-state index in [4.69, 9.17) is 0 Å². The maximum absolute atomic E-state index is 12.6. The number of thiazole rings is 1. The maximum atomic E-state index is 12.6. The molecule has 0 fully saturated rings. The monoisotopic (exact) mass is 428 g/mol. The summed E-state index contributed by atoms with van der Waals surface area (Å²) in [5, 5.41) is 7.18. The molecule has 1 amide bonds. The van der Waals surface area contributed by atoms with Crippen molar-refractivity contribution in [3.05, 3.63) is 66.2 Å². The van der Waals surface area contributed by atoms with Crippen LogP contribution in [0.15, 0.2) is 55.1 Å². The van der Waals surface area contributed by atoms with E-state index < -0.39 is 10.0 Å². The van der Waals surface area contributed by atoms with Gasteiger partial charge < -0.3 is 5.32 Å². The van der Waals surface area contributed by atoms with Crippen molar-refractivity contribution < 1.29 is 13.2 Å². The number of amides is 1. The highest BCUT2D eigenvalue weighted by atomic mass is 32.2. The van der Waals surface area contributed by atoms with Crippen LogP contribution in [0.1, 0.15) is 15.9 Å². The van der Waals surface area contributed by atoms with Crippen LogP contribution in [0.25, 0.3) is 10.2 Å². The molecule has 0 aliphatic heterocycles. The normalized spacial score (nSPS) is 11.5. The Hall–Kier alpha value is -3.31. The highest BCUT2D eigenvalue weighted by Crippen LogP contribution is 2.27. The minimum atomic E-state index is -3.40. The van der Waals surface area contributed by atoms with Gasteiger partial charge >= 0.3 is 0 Å². The Morgan fingerprint density at radius 1 is 1.17 bits per heavy atom. The lowest BCUT2D eigenvalue weighted by atomic mass is 10.1. The van der Waals surface area contributed by atoms with Crippen molar-refractivity contribution in [2.45, 2.75) is 6.54 Å². The molecule has 9 nitrogen and oxygen atoms in total. The predicted molar refractivity (Wildman–Crippen MR) is 112 cm³/mol. The van der Waals surface area contributed by atoms with E-state index in [9.17, 15) is 13.2 Å². The van der Waals surface area contributed by atoms with Crippen molar-refractivity contribution in [2.75, 3.05) is 16.3 Å². The van der Waals surface area contributed by atoms with Gasteiger partial charge in [0.05, 0.1) is 23.0 Å². The molecule has 0 bridgehead atoms. The number of anilines is 2. The first kappa shape index (κ1) is 19.0. The van der Waals surface area contributed by atoms with Crippen molar-refractivity contribution in [3.8, 4) is 0 Å². The molecule has 11 heteroatoms. The number of aromatic nitrogens is 4. The average molecular weight is 428 g/mol. The topological polar surface area (TPSA) is 119 Å². The van der Waals surface area contributed by atoms with Crippen LogP contribution in [0.4, 0.5) is 10.8 Å². The van der Waals surface area contributed by atoms with E-state index in [1.165, 1.54) is 17.7 Å². The van der Waals surface area contributed by atoms with Gasteiger partial charge in [0.2, 0.25) is 10.0 Å². The zero-order valence-corrected chi connectivity index (χ0v) is 16.9. The molecular weight excluding hydrogens is 412 g/mol. The third kappa shape index (κ3) is 4.76. The molecule has 148 valence electrons. The van der Waals surface area contributed by atoms with Gasteiger partial charge in [0.1, 0.15) is 12.7 Å². The van der Waals surface area contributed by atoms with E-state index in [1.54, 1.807) is 29.2 Å². The predicted octanol–water partition coefficient (Wildman–Crippen LogP) is 2.56. The maximum Gasteiger partial charge on any atom is 0.255 e. The molecule has 0 saturated carbocycles. The molecule has 0 spiro atoms. The summed E-state index contributed by atoms with van der Waals surface area (Å²) in [6, 6.07) is 12.5. The Kier molecular flexibility index (Phi) is 4.99. The van der Waals surface area contributed by atoms with E-state index >= 15 is 0 Å². The van der Waals surface area contributed by atoms with Gasteiger partial charge in [-0.25, -0.2) is 23.1 Å². The molecule has 2 heterocycles. The fraction of sp³-hybridized carbons (Fsp3) is 0.111. The fourth-order valence-corrected chi connectivity index (χ4v) is 4.41. The second-order valence-electron chi connectivity index (χ2n) is 6.32. The van der Waals surface area contributed by atoms with Crippen LogP contribution in [-0.2, 0) is 16.6 Å². The van der Waals surface area contributed by atoms with Crippen LogP contribution < -0.4 is 10.0 Å². The first-order valence-corrected chi connectivity index (χ1v) is 11.2. The Bertz CT molecular complexity index is 1260. The molecule has 0 unspecified atom stereocenters. The van der Waals surface area contributed by atoms with Crippen LogP contribution >= 0.6 is 11.3 Å². The fourth-order valence-electron chi connectivity index (χ4n) is 2.67. The molecular formula is C18H16N6O3S2. The van der Waals surface area contributed by atoms with Crippen molar-refractivity contribution in [1.82, 2.24) is 19.7 Å². The minimum absolute atomic E-state index is 0.262. The number of nitrogens with zero attached hydrogens (tertiary/aromatic N) is 4. The number of carbonyl (C=O) groups excluding carboxylic acids is 1. The van der Waals surface area contributed by atoms with Gasteiger partial charge in [-0.3, -0.25) is 9.52 Å². The number of rotatable bonds is 6. The lowest BCUT2D eigenvalue weighted by molar-refractivity contribution is 0.102. The van der Waals surface area contributed by atoms with E-state index in [-0.39, 0.29) is 11.0 Å². The Labute approximate surface area is 170 Å². The van der Waals surface area contributed by atoms with Crippen LogP contribution in [0, 0.1) is 0 Å². The molecule has 2 aromatic carbocycles. The van der Waals surface area contributed by atoms with Crippen molar-refractivity contribution in [1.29, 1.82) is 0 Å². The van der Waals surface area contributed by atoms with Crippen LogP contribution in [-0.4, -0.2) is 40.3 Å². The lowest BCUT2D eigenvalue weighted by Crippen LogP contribution is -2.11. The van der Waals surface area contributed by atoms with Gasteiger partial charge in [0, 0.05) is 11.3 Å². The van der Waals surface area contributed by atoms with Crippen molar-refractivity contribution >= 4 is 48.3 Å². The summed E-state index contributed by atoms with van der Waals surface area (Å²) < 4.78 is 27.5. The van der Waals surface area contributed by atoms with Crippen molar-refractivity contribution in [2.24, 2.45) is 0 Å². The molecule has 0 aliphatic rings. The Morgan fingerprint density at radius 3 is 2.66 bits per heavy atom. The van der Waals surface area contributed by atoms with Crippen molar-refractivity contribution in [3.63, 3.8) is 0 Å². The Morgan fingerprint density at radius 2 is 1.97 bits per heavy atom. The second-order valence-corrected chi connectivity index (χ2v) is 9.10. The van der Waals surface area contributed by atoms with Gasteiger partial charge in [0.25, 0.3) is 5.91 Å². The van der Waals surface area contributed by atoms with Crippen LogP contribution in [0.5, 0.6) is 0 Å². The number of nitrogens with one attached hydrogen (secondary N) is 2. The summed E-state index contributed by atoms with van der Waals surface area (Å²) in [5.41, 5.74) is 2.78. The molecule has 0 radical (unpaired) electrons.